The van der Waals surface area contributed by atoms with Crippen molar-refractivity contribution < 1.29 is 0 Å². The van der Waals surface area contributed by atoms with Crippen LogP contribution in [0.1, 0.15) is 22.9 Å². The van der Waals surface area contributed by atoms with Gasteiger partial charge in [0.25, 0.3) is 0 Å². The van der Waals surface area contributed by atoms with E-state index in [2.05, 4.69) is 21.3 Å². The molecule has 1 atom stereocenters. The number of nitrogens with zero attached hydrogens (tertiary/aromatic N) is 5. The molecule has 2 heterocycles. The fraction of sp³-hybridized carbons (Fsp3) is 0.167. The van der Waals surface area contributed by atoms with Crippen molar-refractivity contribution in [3.63, 3.8) is 0 Å². The second kappa shape index (κ2) is 6.49. The normalized spacial score (nSPS) is 16.6. The van der Waals surface area contributed by atoms with Gasteiger partial charge < -0.3 is 0 Å². The first-order valence-electron chi connectivity index (χ1n) is 7.73. The first-order valence-corrected chi connectivity index (χ1v) is 8.49. The Bertz CT molecular complexity index is 955. The second-order valence-corrected chi connectivity index (χ2v) is 6.78. The molecule has 2 aromatic carbocycles. The lowest BCUT2D eigenvalue weighted by Crippen LogP contribution is -2.26. The molecule has 25 heavy (non-hydrogen) atoms. The van der Waals surface area contributed by atoms with Gasteiger partial charge >= 0.3 is 0 Å². The zero-order valence-corrected chi connectivity index (χ0v) is 14.6. The monoisotopic (exact) mass is 369 g/mol. The van der Waals surface area contributed by atoms with Crippen LogP contribution in [0.25, 0.3) is 5.69 Å². The smallest absolute Gasteiger partial charge is 0.126 e. The third-order valence-electron chi connectivity index (χ3n) is 4.24. The maximum atomic E-state index is 9.85. The molecule has 7 heteroatoms. The zero-order chi connectivity index (χ0) is 17.4. The Morgan fingerprint density at radius 3 is 2.68 bits per heavy atom. The van der Waals surface area contributed by atoms with E-state index in [1.54, 1.807) is 16.9 Å². The Hall–Kier alpha value is -2.39. The molecule has 124 valence electrons. The third kappa shape index (κ3) is 3.00. The molecule has 3 aromatic rings. The van der Waals surface area contributed by atoms with Crippen molar-refractivity contribution in [2.45, 2.75) is 19.1 Å². The van der Waals surface area contributed by atoms with Gasteiger partial charge in [-0.05, 0) is 29.8 Å². The van der Waals surface area contributed by atoms with Crippen LogP contribution >= 0.6 is 23.2 Å². The average Bonchev–Trinajstić information content (AvgIpc) is 2.98. The molecule has 0 saturated carbocycles. The molecule has 1 aromatic heterocycles. The summed E-state index contributed by atoms with van der Waals surface area (Å²) in [7, 11) is 0. The highest BCUT2D eigenvalue weighted by molar-refractivity contribution is 6.34. The second-order valence-electron chi connectivity index (χ2n) is 5.91. The van der Waals surface area contributed by atoms with E-state index in [9.17, 15) is 5.26 Å². The largest absolute Gasteiger partial charge is 0.274 e. The lowest BCUT2D eigenvalue weighted by molar-refractivity contribution is 0.218. The van der Waals surface area contributed by atoms with E-state index in [0.717, 1.165) is 22.5 Å². The number of aromatic nitrogens is 3. The molecule has 4 rings (SSSR count). The van der Waals surface area contributed by atoms with Crippen molar-refractivity contribution in [3.8, 4) is 11.8 Å². The Labute approximate surface area is 155 Å². The molecule has 0 N–H and O–H groups in total. The molecule has 1 aliphatic heterocycles. The van der Waals surface area contributed by atoms with Crippen LogP contribution in [0.4, 0.5) is 0 Å². The van der Waals surface area contributed by atoms with E-state index in [-0.39, 0.29) is 0 Å². The van der Waals surface area contributed by atoms with Crippen LogP contribution in [0, 0.1) is 11.3 Å². The highest BCUT2D eigenvalue weighted by Gasteiger charge is 2.29. The molecular weight excluding hydrogens is 357 g/mol. The summed E-state index contributed by atoms with van der Waals surface area (Å²) in [4.78, 5) is 2.07. The van der Waals surface area contributed by atoms with Gasteiger partial charge in [0.2, 0.25) is 0 Å². The summed E-state index contributed by atoms with van der Waals surface area (Å²) in [5.41, 5.74) is 3.67. The number of hydrogen-bond acceptors (Lipinski definition) is 4. The van der Waals surface area contributed by atoms with E-state index in [0.29, 0.717) is 23.1 Å². The lowest BCUT2D eigenvalue weighted by Gasteiger charge is -2.25. The average molecular weight is 370 g/mol. The molecule has 0 radical (unpaired) electrons. The molecule has 1 unspecified atom stereocenters. The van der Waals surface area contributed by atoms with E-state index in [1.165, 1.54) is 0 Å². The van der Waals surface area contributed by atoms with Gasteiger partial charge in [-0.25, -0.2) is 4.68 Å². The summed E-state index contributed by atoms with van der Waals surface area (Å²) in [6.07, 6.45) is 1.73. The van der Waals surface area contributed by atoms with Gasteiger partial charge in [-0.15, -0.1) is 5.10 Å². The van der Waals surface area contributed by atoms with Gasteiger partial charge in [0, 0.05) is 28.7 Å². The topological polar surface area (TPSA) is 57.7 Å². The number of halogens is 2. The minimum absolute atomic E-state index is 0.407. The first-order chi connectivity index (χ1) is 12.2. The summed E-state index contributed by atoms with van der Waals surface area (Å²) in [6, 6.07) is 15.2. The standard InChI is InChI=1S/C18H13Cl2N5/c19-13-5-12(6-14(20)7-13)10-24-11-15-9-22-23-25(15)17-4-2-1-3-16(17)18(24)8-21/h1-7,9,18H,10-11H2. The van der Waals surface area contributed by atoms with Crippen LogP contribution in [-0.4, -0.2) is 19.9 Å². The van der Waals surface area contributed by atoms with Crippen LogP contribution in [0.15, 0.2) is 48.7 Å². The van der Waals surface area contributed by atoms with Crippen LogP contribution < -0.4 is 0 Å². The number of para-hydroxylation sites is 1. The number of fused-ring (bicyclic) bond motifs is 3. The molecule has 0 saturated heterocycles. The van der Waals surface area contributed by atoms with Crippen LogP contribution in [-0.2, 0) is 13.1 Å². The van der Waals surface area contributed by atoms with Crippen molar-refractivity contribution in [2.75, 3.05) is 0 Å². The zero-order valence-electron chi connectivity index (χ0n) is 13.1. The Morgan fingerprint density at radius 2 is 1.92 bits per heavy atom. The molecular formula is C18H13Cl2N5. The van der Waals surface area contributed by atoms with E-state index >= 15 is 0 Å². The molecule has 5 nitrogen and oxygen atoms in total. The molecule has 0 amide bonds. The number of rotatable bonds is 2. The van der Waals surface area contributed by atoms with Crippen molar-refractivity contribution in [1.29, 1.82) is 5.26 Å². The summed E-state index contributed by atoms with van der Waals surface area (Å²) < 4.78 is 1.80. The number of nitriles is 1. The van der Waals surface area contributed by atoms with Crippen molar-refractivity contribution in [2.24, 2.45) is 0 Å². The van der Waals surface area contributed by atoms with Gasteiger partial charge in [0.15, 0.2) is 0 Å². The van der Waals surface area contributed by atoms with E-state index in [4.69, 9.17) is 23.2 Å². The molecule has 0 fully saturated rings. The molecule has 1 aliphatic rings. The quantitative estimate of drug-likeness (QED) is 0.680. The fourth-order valence-corrected chi connectivity index (χ4v) is 3.78. The number of benzene rings is 2. The minimum Gasteiger partial charge on any atom is -0.274 e. The molecule has 0 aliphatic carbocycles. The summed E-state index contributed by atoms with van der Waals surface area (Å²) in [5, 5.41) is 19.2. The predicted octanol–water partition coefficient (Wildman–Crippen LogP) is 4.15. The highest BCUT2D eigenvalue weighted by atomic mass is 35.5. The predicted molar refractivity (Wildman–Crippen MR) is 95.4 cm³/mol. The Kier molecular flexibility index (Phi) is 4.18. The van der Waals surface area contributed by atoms with Crippen molar-refractivity contribution in [3.05, 3.63) is 75.5 Å². The lowest BCUT2D eigenvalue weighted by atomic mass is 10.0. The maximum Gasteiger partial charge on any atom is 0.126 e. The molecule has 0 spiro atoms. The van der Waals surface area contributed by atoms with Gasteiger partial charge in [-0.1, -0.05) is 46.6 Å². The van der Waals surface area contributed by atoms with Gasteiger partial charge in [-0.3, -0.25) is 4.90 Å². The van der Waals surface area contributed by atoms with Gasteiger partial charge in [0.1, 0.15) is 6.04 Å². The highest BCUT2D eigenvalue weighted by Crippen LogP contribution is 2.33. The fourth-order valence-electron chi connectivity index (χ4n) is 3.21. The van der Waals surface area contributed by atoms with Crippen molar-refractivity contribution >= 4 is 23.2 Å². The number of hydrogen-bond donors (Lipinski definition) is 0. The van der Waals surface area contributed by atoms with Gasteiger partial charge in [-0.2, -0.15) is 5.26 Å². The van der Waals surface area contributed by atoms with Crippen LogP contribution in [0.5, 0.6) is 0 Å². The summed E-state index contributed by atoms with van der Waals surface area (Å²) in [5.74, 6) is 0. The Morgan fingerprint density at radius 1 is 1.16 bits per heavy atom. The van der Waals surface area contributed by atoms with Crippen LogP contribution in [0.3, 0.4) is 0 Å². The van der Waals surface area contributed by atoms with Crippen LogP contribution in [0.2, 0.25) is 10.0 Å². The first kappa shape index (κ1) is 16.1. The van der Waals surface area contributed by atoms with E-state index < -0.39 is 6.04 Å². The van der Waals surface area contributed by atoms with Gasteiger partial charge in [0.05, 0.1) is 23.6 Å². The minimum atomic E-state index is -0.407. The summed E-state index contributed by atoms with van der Waals surface area (Å²) >= 11 is 12.2. The van der Waals surface area contributed by atoms with E-state index in [1.807, 2.05) is 36.4 Å². The molecule has 0 bridgehead atoms. The maximum absolute atomic E-state index is 9.85. The van der Waals surface area contributed by atoms with Crippen molar-refractivity contribution in [1.82, 2.24) is 19.9 Å². The summed E-state index contributed by atoms with van der Waals surface area (Å²) in [6.45, 7) is 1.09. The third-order valence-corrected chi connectivity index (χ3v) is 4.68. The SMILES string of the molecule is N#CC1c2ccccc2-n2nncc2CN1Cc1cc(Cl)cc(Cl)c1. The Balaban J connectivity index is 1.80.